The normalized spacial score (nSPS) is 18.9. The van der Waals surface area contributed by atoms with Gasteiger partial charge in [-0.25, -0.2) is 4.79 Å². The van der Waals surface area contributed by atoms with Crippen LogP contribution >= 0.6 is 0 Å². The maximum absolute atomic E-state index is 12.3. The lowest BCUT2D eigenvalue weighted by Gasteiger charge is -2.36. The van der Waals surface area contributed by atoms with Gasteiger partial charge in [0, 0.05) is 19.2 Å². The zero-order valence-electron chi connectivity index (χ0n) is 13.4. The summed E-state index contributed by atoms with van der Waals surface area (Å²) in [6, 6.07) is 3.50. The van der Waals surface area contributed by atoms with Crippen molar-refractivity contribution in [2.24, 2.45) is 0 Å². The number of carbonyl (C=O) groups excluding carboxylic acids is 1. The fraction of sp³-hybridized carbons (Fsp3) is 0.625. The lowest BCUT2D eigenvalue weighted by atomic mass is 10.1. The highest BCUT2D eigenvalue weighted by atomic mass is 16.6. The van der Waals surface area contributed by atoms with Crippen molar-refractivity contribution in [3.05, 3.63) is 24.0 Å². The van der Waals surface area contributed by atoms with Gasteiger partial charge in [-0.15, -0.1) is 0 Å². The van der Waals surface area contributed by atoms with E-state index in [1.54, 1.807) is 23.2 Å². The van der Waals surface area contributed by atoms with Gasteiger partial charge in [-0.3, -0.25) is 9.88 Å². The summed E-state index contributed by atoms with van der Waals surface area (Å²) in [6.07, 6.45) is 3.49. The molecule has 2 rings (SSSR count). The van der Waals surface area contributed by atoms with Gasteiger partial charge in [-0.05, 0) is 45.7 Å². The van der Waals surface area contributed by atoms with Crippen LogP contribution in [0.15, 0.2) is 18.3 Å². The first-order valence-electron chi connectivity index (χ1n) is 7.62. The van der Waals surface area contributed by atoms with E-state index in [1.165, 1.54) is 0 Å². The third-order valence-corrected chi connectivity index (χ3v) is 3.34. The smallest absolute Gasteiger partial charge is 0.413 e. The van der Waals surface area contributed by atoms with Crippen molar-refractivity contribution in [2.75, 3.05) is 6.54 Å². The van der Waals surface area contributed by atoms with Gasteiger partial charge in [-0.2, -0.15) is 0 Å². The number of carbonyl (C=O) groups is 1. The molecule has 0 saturated carbocycles. The highest BCUT2D eigenvalue weighted by Crippen LogP contribution is 2.25. The number of aliphatic hydroxyl groups excluding tert-OH is 1. The molecule has 1 aromatic rings. The minimum absolute atomic E-state index is 0.199. The van der Waals surface area contributed by atoms with E-state index in [2.05, 4.69) is 4.98 Å². The maximum atomic E-state index is 12.3. The Morgan fingerprint density at radius 3 is 2.91 bits per heavy atom. The van der Waals surface area contributed by atoms with E-state index in [-0.39, 0.29) is 12.7 Å². The molecule has 0 aliphatic carbocycles. The molecular weight excluding hydrogens is 284 g/mol. The van der Waals surface area contributed by atoms with Crippen molar-refractivity contribution in [3.63, 3.8) is 0 Å². The van der Waals surface area contributed by atoms with Gasteiger partial charge in [0.25, 0.3) is 0 Å². The number of hydrogen-bond acceptors (Lipinski definition) is 5. The number of pyridine rings is 1. The molecule has 1 fully saturated rings. The molecule has 1 saturated heterocycles. The first-order chi connectivity index (χ1) is 10.4. The van der Waals surface area contributed by atoms with Crippen molar-refractivity contribution in [1.82, 2.24) is 9.88 Å². The van der Waals surface area contributed by atoms with Gasteiger partial charge in [0.05, 0.1) is 6.61 Å². The molecule has 0 bridgehead atoms. The predicted molar refractivity (Wildman–Crippen MR) is 81.4 cm³/mol. The minimum atomic E-state index is -0.538. The lowest BCUT2D eigenvalue weighted by molar-refractivity contribution is -0.0348. The molecule has 1 aromatic heterocycles. The van der Waals surface area contributed by atoms with Gasteiger partial charge in [-0.1, -0.05) is 0 Å². The van der Waals surface area contributed by atoms with Crippen LogP contribution in [-0.4, -0.2) is 39.5 Å². The molecule has 1 unspecified atom stereocenters. The number of aromatic nitrogens is 1. The van der Waals surface area contributed by atoms with Crippen LogP contribution in [0.2, 0.25) is 0 Å². The lowest BCUT2D eigenvalue weighted by Crippen LogP contribution is -2.48. The number of ether oxygens (including phenoxy) is 2. The van der Waals surface area contributed by atoms with Crippen molar-refractivity contribution in [1.29, 1.82) is 0 Å². The molecule has 6 nitrogen and oxygen atoms in total. The van der Waals surface area contributed by atoms with Crippen LogP contribution in [0.25, 0.3) is 0 Å². The highest BCUT2D eigenvalue weighted by molar-refractivity contribution is 5.68. The van der Waals surface area contributed by atoms with Crippen molar-refractivity contribution in [3.8, 4) is 5.75 Å². The van der Waals surface area contributed by atoms with E-state index in [9.17, 15) is 9.90 Å². The molecule has 0 radical (unpaired) electrons. The molecule has 122 valence electrons. The quantitative estimate of drug-likeness (QED) is 0.929. The molecule has 0 aromatic carbocycles. The summed E-state index contributed by atoms with van der Waals surface area (Å²) in [4.78, 5) is 18.0. The number of aliphatic hydroxyl groups is 1. The average molecular weight is 308 g/mol. The largest absolute Gasteiger partial charge is 0.468 e. The summed E-state index contributed by atoms with van der Waals surface area (Å²) < 4.78 is 11.4. The number of likely N-dealkylation sites (tertiary alicyclic amines) is 1. The number of piperidine rings is 1. The van der Waals surface area contributed by atoms with Crippen molar-refractivity contribution < 1.29 is 19.4 Å². The monoisotopic (exact) mass is 308 g/mol. The Morgan fingerprint density at radius 2 is 2.23 bits per heavy atom. The summed E-state index contributed by atoms with van der Waals surface area (Å²) in [7, 11) is 0. The van der Waals surface area contributed by atoms with Crippen LogP contribution in [0.3, 0.4) is 0 Å². The Bertz CT molecular complexity index is 513. The summed E-state index contributed by atoms with van der Waals surface area (Å²) in [5.41, 5.74) is -0.0684. The second kappa shape index (κ2) is 6.96. The Labute approximate surface area is 131 Å². The second-order valence-corrected chi connectivity index (χ2v) is 6.35. The number of hydrogen-bond donors (Lipinski definition) is 1. The Balaban J connectivity index is 2.11. The van der Waals surface area contributed by atoms with Crippen molar-refractivity contribution in [2.45, 2.75) is 58.5 Å². The van der Waals surface area contributed by atoms with Gasteiger partial charge in [0.2, 0.25) is 0 Å². The third-order valence-electron chi connectivity index (χ3n) is 3.34. The summed E-state index contributed by atoms with van der Waals surface area (Å²) >= 11 is 0. The van der Waals surface area contributed by atoms with Gasteiger partial charge in [0.1, 0.15) is 17.0 Å². The predicted octanol–water partition coefficient (Wildman–Crippen LogP) is 2.70. The van der Waals surface area contributed by atoms with Crippen LogP contribution in [-0.2, 0) is 11.3 Å². The van der Waals surface area contributed by atoms with Crippen molar-refractivity contribution >= 4 is 6.09 Å². The highest BCUT2D eigenvalue weighted by Gasteiger charge is 2.32. The molecule has 1 aliphatic heterocycles. The van der Waals surface area contributed by atoms with E-state index < -0.39 is 11.8 Å². The Morgan fingerprint density at radius 1 is 1.45 bits per heavy atom. The first-order valence-corrected chi connectivity index (χ1v) is 7.62. The van der Waals surface area contributed by atoms with Gasteiger partial charge >= 0.3 is 6.09 Å². The van der Waals surface area contributed by atoms with Gasteiger partial charge in [0.15, 0.2) is 6.23 Å². The fourth-order valence-corrected chi connectivity index (χ4v) is 2.35. The summed E-state index contributed by atoms with van der Waals surface area (Å²) in [5.74, 6) is 0.505. The van der Waals surface area contributed by atoms with Crippen LogP contribution in [0.4, 0.5) is 4.79 Å². The molecule has 22 heavy (non-hydrogen) atoms. The molecule has 1 aliphatic rings. The Kier molecular flexibility index (Phi) is 5.24. The molecule has 1 N–H and O–H groups in total. The maximum Gasteiger partial charge on any atom is 0.413 e. The average Bonchev–Trinajstić information content (AvgIpc) is 2.46. The molecule has 6 heteroatoms. The molecule has 0 spiro atoms. The van der Waals surface area contributed by atoms with Gasteiger partial charge < -0.3 is 14.6 Å². The zero-order valence-corrected chi connectivity index (χ0v) is 13.4. The van der Waals surface area contributed by atoms with E-state index in [0.29, 0.717) is 18.0 Å². The molecule has 1 amide bonds. The standard InChI is InChI=1S/C16H24N2O4/c1-16(2,3)22-15(20)18-10-5-4-8-14(18)21-13-7-6-9-17-12(13)11-19/h6-7,9,14,19H,4-5,8,10-11H2,1-3H3. The summed E-state index contributed by atoms with van der Waals surface area (Å²) in [5, 5.41) is 9.33. The minimum Gasteiger partial charge on any atom is -0.468 e. The van der Waals surface area contributed by atoms with Crippen LogP contribution in [0.5, 0.6) is 5.75 Å². The third kappa shape index (κ3) is 4.34. The molecule has 1 atom stereocenters. The fourth-order valence-electron chi connectivity index (χ4n) is 2.35. The first kappa shape index (κ1) is 16.5. The van der Waals surface area contributed by atoms with E-state index >= 15 is 0 Å². The van der Waals surface area contributed by atoms with E-state index in [0.717, 1.165) is 19.3 Å². The zero-order chi connectivity index (χ0) is 16.2. The molecule has 2 heterocycles. The van der Waals surface area contributed by atoms with E-state index in [1.807, 2.05) is 20.8 Å². The summed E-state index contributed by atoms with van der Waals surface area (Å²) in [6.45, 7) is 5.94. The number of amides is 1. The second-order valence-electron chi connectivity index (χ2n) is 6.35. The Hall–Kier alpha value is -1.82. The topological polar surface area (TPSA) is 71.9 Å². The van der Waals surface area contributed by atoms with E-state index in [4.69, 9.17) is 9.47 Å². The van der Waals surface area contributed by atoms with Crippen LogP contribution in [0, 0.1) is 0 Å². The molecular formula is C16H24N2O4. The SMILES string of the molecule is CC(C)(C)OC(=O)N1CCCCC1Oc1cccnc1CO. The number of rotatable bonds is 3. The van der Waals surface area contributed by atoms with Crippen LogP contribution in [0.1, 0.15) is 45.7 Å². The number of nitrogens with zero attached hydrogens (tertiary/aromatic N) is 2. The van der Waals surface area contributed by atoms with Crippen LogP contribution < -0.4 is 4.74 Å².